The number of carbonyl (C=O) groups is 3. The van der Waals surface area contributed by atoms with E-state index in [1.165, 1.54) is 4.90 Å². The highest BCUT2D eigenvalue weighted by atomic mass is 16.2. The van der Waals surface area contributed by atoms with E-state index in [9.17, 15) is 14.4 Å². The van der Waals surface area contributed by atoms with Crippen LogP contribution in [0.1, 0.15) is 37.3 Å². The van der Waals surface area contributed by atoms with Gasteiger partial charge in [0, 0.05) is 23.8 Å². The Kier molecular flexibility index (Phi) is 5.41. The average Bonchev–Trinajstić information content (AvgIpc) is 3.39. The van der Waals surface area contributed by atoms with E-state index in [-0.39, 0.29) is 30.3 Å². The lowest BCUT2D eigenvalue weighted by atomic mass is 9.76. The minimum Gasteiger partial charge on any atom is -0.306 e. The lowest BCUT2D eigenvalue weighted by molar-refractivity contribution is -0.143. The standard InChI is InChI=1S/C27H29N3O3/c1-3-5-14-20-22-23(25(32)30(24(22)31)17-18-11-7-6-8-12-18)27(28-20)19-13-9-10-15-21(19)29(16-4-2)26(27)33/h4,6-13,15,20,22-23,28H,2-3,5,14,16-17H2,1H3/t20-,22-,23+,27-/m0/s1. The maximum absolute atomic E-state index is 14.0. The first-order valence-corrected chi connectivity index (χ1v) is 11.7. The van der Waals surface area contributed by atoms with Crippen LogP contribution in [0.15, 0.2) is 67.3 Å². The molecule has 2 saturated heterocycles. The number of nitrogens with zero attached hydrogens (tertiary/aromatic N) is 2. The summed E-state index contributed by atoms with van der Waals surface area (Å²) in [4.78, 5) is 44.6. The lowest BCUT2D eigenvalue weighted by Gasteiger charge is -2.30. The molecule has 2 fully saturated rings. The zero-order valence-electron chi connectivity index (χ0n) is 18.9. The molecule has 3 aliphatic rings. The largest absolute Gasteiger partial charge is 0.306 e. The number of likely N-dealkylation sites (tertiary alicyclic amines) is 1. The Bertz CT molecular complexity index is 1110. The van der Waals surface area contributed by atoms with Gasteiger partial charge in [0.1, 0.15) is 5.54 Å². The van der Waals surface area contributed by atoms with Crippen molar-refractivity contribution in [3.05, 3.63) is 78.4 Å². The summed E-state index contributed by atoms with van der Waals surface area (Å²) in [5.74, 6) is -1.90. The smallest absolute Gasteiger partial charge is 0.253 e. The number of para-hydroxylation sites is 1. The van der Waals surface area contributed by atoms with E-state index in [0.717, 1.165) is 36.1 Å². The van der Waals surface area contributed by atoms with Crippen molar-refractivity contribution in [2.24, 2.45) is 11.8 Å². The topological polar surface area (TPSA) is 69.7 Å². The number of nitrogens with one attached hydrogen (secondary N) is 1. The summed E-state index contributed by atoms with van der Waals surface area (Å²) < 4.78 is 0. The molecule has 170 valence electrons. The summed E-state index contributed by atoms with van der Waals surface area (Å²) in [5.41, 5.74) is 1.25. The van der Waals surface area contributed by atoms with Gasteiger partial charge in [0.2, 0.25) is 11.8 Å². The summed E-state index contributed by atoms with van der Waals surface area (Å²) in [6.45, 7) is 6.50. The molecule has 6 nitrogen and oxygen atoms in total. The molecule has 4 atom stereocenters. The number of fused-ring (bicyclic) bond motifs is 4. The molecule has 0 bridgehead atoms. The van der Waals surface area contributed by atoms with E-state index in [4.69, 9.17) is 0 Å². The molecule has 0 aliphatic carbocycles. The Hall–Kier alpha value is -3.25. The molecule has 5 rings (SSSR count). The SMILES string of the molecule is C=CCN1C(=O)[C@]2(N[C@@H](CCCC)[C@@H]3C(=O)N(Cc4ccccc4)C(=O)[C@@H]32)c2ccccc21. The van der Waals surface area contributed by atoms with Gasteiger partial charge in [0.25, 0.3) is 5.91 Å². The van der Waals surface area contributed by atoms with E-state index in [1.807, 2.05) is 54.6 Å². The molecule has 0 radical (unpaired) electrons. The number of hydrogen-bond acceptors (Lipinski definition) is 4. The van der Waals surface area contributed by atoms with Crippen molar-refractivity contribution in [2.45, 2.75) is 44.3 Å². The van der Waals surface area contributed by atoms with E-state index in [2.05, 4.69) is 18.8 Å². The third-order valence-electron chi connectivity index (χ3n) is 7.32. The molecule has 0 aromatic heterocycles. The molecule has 2 aromatic rings. The van der Waals surface area contributed by atoms with Crippen LogP contribution in [0.4, 0.5) is 5.69 Å². The molecule has 3 heterocycles. The van der Waals surface area contributed by atoms with Gasteiger partial charge in [-0.2, -0.15) is 0 Å². The van der Waals surface area contributed by atoms with Crippen LogP contribution in [-0.4, -0.2) is 35.2 Å². The zero-order chi connectivity index (χ0) is 23.2. The van der Waals surface area contributed by atoms with Crippen LogP contribution >= 0.6 is 0 Å². The number of unbranched alkanes of at least 4 members (excludes halogenated alkanes) is 1. The van der Waals surface area contributed by atoms with Crippen LogP contribution in [0.25, 0.3) is 0 Å². The second kappa shape index (κ2) is 8.27. The predicted octanol–water partition coefficient (Wildman–Crippen LogP) is 3.38. The fraction of sp³-hybridized carbons (Fsp3) is 0.370. The van der Waals surface area contributed by atoms with Gasteiger partial charge < -0.3 is 4.90 Å². The number of benzene rings is 2. The van der Waals surface area contributed by atoms with Gasteiger partial charge in [-0.25, -0.2) is 0 Å². The third-order valence-corrected chi connectivity index (χ3v) is 7.32. The molecule has 6 heteroatoms. The van der Waals surface area contributed by atoms with Crippen LogP contribution in [0.2, 0.25) is 0 Å². The van der Waals surface area contributed by atoms with Crippen molar-refractivity contribution in [1.82, 2.24) is 10.2 Å². The number of anilines is 1. The fourth-order valence-corrected chi connectivity index (χ4v) is 5.91. The minimum atomic E-state index is -1.22. The quantitative estimate of drug-likeness (QED) is 0.526. The molecular weight excluding hydrogens is 414 g/mol. The molecule has 1 N–H and O–H groups in total. The van der Waals surface area contributed by atoms with E-state index < -0.39 is 17.4 Å². The summed E-state index contributed by atoms with van der Waals surface area (Å²) in [6.07, 6.45) is 4.33. The van der Waals surface area contributed by atoms with Crippen molar-refractivity contribution in [3.63, 3.8) is 0 Å². The predicted molar refractivity (Wildman–Crippen MR) is 126 cm³/mol. The first-order valence-electron chi connectivity index (χ1n) is 11.7. The maximum Gasteiger partial charge on any atom is 0.253 e. The number of amides is 3. The first kappa shape index (κ1) is 21.6. The second-order valence-electron chi connectivity index (χ2n) is 9.17. The third kappa shape index (κ3) is 3.08. The van der Waals surface area contributed by atoms with Gasteiger partial charge in [0.15, 0.2) is 0 Å². The summed E-state index contributed by atoms with van der Waals surface area (Å²) in [6, 6.07) is 16.9. The molecule has 3 aliphatic heterocycles. The van der Waals surface area contributed by atoms with Crippen LogP contribution < -0.4 is 10.2 Å². The Morgan fingerprint density at radius 2 is 1.73 bits per heavy atom. The highest BCUT2D eigenvalue weighted by molar-refractivity contribution is 6.16. The number of carbonyl (C=O) groups excluding carboxylic acids is 3. The molecule has 3 amide bonds. The van der Waals surface area contributed by atoms with Crippen LogP contribution in [0.5, 0.6) is 0 Å². The van der Waals surface area contributed by atoms with Gasteiger partial charge in [-0.15, -0.1) is 6.58 Å². The van der Waals surface area contributed by atoms with E-state index >= 15 is 0 Å². The van der Waals surface area contributed by atoms with Gasteiger partial charge >= 0.3 is 0 Å². The van der Waals surface area contributed by atoms with Crippen molar-refractivity contribution in [1.29, 1.82) is 0 Å². The lowest BCUT2D eigenvalue weighted by Crippen LogP contribution is -2.55. The monoisotopic (exact) mass is 443 g/mol. The average molecular weight is 444 g/mol. The molecular formula is C27H29N3O3. The maximum atomic E-state index is 14.0. The molecule has 0 unspecified atom stereocenters. The summed E-state index contributed by atoms with van der Waals surface area (Å²) >= 11 is 0. The first-order chi connectivity index (χ1) is 16.0. The normalized spacial score (nSPS) is 28.0. The molecule has 2 aromatic carbocycles. The van der Waals surface area contributed by atoms with Crippen LogP contribution in [-0.2, 0) is 26.5 Å². The van der Waals surface area contributed by atoms with Crippen molar-refractivity contribution in [3.8, 4) is 0 Å². The van der Waals surface area contributed by atoms with Gasteiger partial charge in [0.05, 0.1) is 18.4 Å². The van der Waals surface area contributed by atoms with Crippen molar-refractivity contribution >= 4 is 23.4 Å². The Balaban J connectivity index is 1.61. The van der Waals surface area contributed by atoms with Gasteiger partial charge in [-0.1, -0.05) is 74.4 Å². The van der Waals surface area contributed by atoms with Gasteiger partial charge in [-0.05, 0) is 18.1 Å². The minimum absolute atomic E-state index is 0.166. The van der Waals surface area contributed by atoms with Crippen LogP contribution in [0, 0.1) is 11.8 Å². The molecule has 1 spiro atoms. The highest BCUT2D eigenvalue weighted by Gasteiger charge is 2.71. The zero-order valence-corrected chi connectivity index (χ0v) is 18.9. The number of rotatable bonds is 7. The summed E-state index contributed by atoms with van der Waals surface area (Å²) in [7, 11) is 0. The number of imide groups is 1. The Morgan fingerprint density at radius 3 is 2.45 bits per heavy atom. The summed E-state index contributed by atoms with van der Waals surface area (Å²) in [5, 5.41) is 3.55. The number of hydrogen-bond donors (Lipinski definition) is 1. The fourth-order valence-electron chi connectivity index (χ4n) is 5.91. The van der Waals surface area contributed by atoms with Crippen molar-refractivity contribution in [2.75, 3.05) is 11.4 Å². The van der Waals surface area contributed by atoms with E-state index in [1.54, 1.807) is 11.0 Å². The Labute approximate surface area is 194 Å². The molecule has 33 heavy (non-hydrogen) atoms. The molecule has 0 saturated carbocycles. The van der Waals surface area contributed by atoms with E-state index in [0.29, 0.717) is 6.54 Å². The highest BCUT2D eigenvalue weighted by Crippen LogP contribution is 2.55. The second-order valence-corrected chi connectivity index (χ2v) is 9.17. The Morgan fingerprint density at radius 1 is 1.00 bits per heavy atom. The van der Waals surface area contributed by atoms with Crippen molar-refractivity contribution < 1.29 is 14.4 Å². The van der Waals surface area contributed by atoms with Gasteiger partial charge in [-0.3, -0.25) is 24.6 Å². The van der Waals surface area contributed by atoms with Crippen LogP contribution in [0.3, 0.4) is 0 Å².